The minimum Gasteiger partial charge on any atom is -0.459 e. The number of furan rings is 1. The van der Waals surface area contributed by atoms with E-state index in [0.29, 0.717) is 42.1 Å². The third-order valence-corrected chi connectivity index (χ3v) is 4.93. The zero-order valence-corrected chi connectivity index (χ0v) is 15.8. The number of hydrogen-bond donors (Lipinski definition) is 1. The normalized spacial score (nSPS) is 14.6. The first-order valence-electron chi connectivity index (χ1n) is 7.38. The molecule has 1 aromatic heterocycles. The summed E-state index contributed by atoms with van der Waals surface area (Å²) in [5.74, 6) is 0.278. The van der Waals surface area contributed by atoms with E-state index in [1.165, 1.54) is 6.26 Å². The Kier molecular flexibility index (Phi) is 5.43. The van der Waals surface area contributed by atoms with Gasteiger partial charge in [-0.05, 0) is 42.5 Å². The summed E-state index contributed by atoms with van der Waals surface area (Å²) in [6.45, 7) is 2.50. The average molecular weight is 429 g/mol. The molecule has 0 saturated carbocycles. The number of rotatable bonds is 2. The van der Waals surface area contributed by atoms with Crippen LogP contribution >= 0.6 is 39.7 Å². The highest BCUT2D eigenvalue weighted by Crippen LogP contribution is 2.26. The summed E-state index contributed by atoms with van der Waals surface area (Å²) >= 11 is 15.0. The molecule has 0 unspecified atom stereocenters. The molecule has 0 atom stereocenters. The maximum atomic E-state index is 12.2. The van der Waals surface area contributed by atoms with E-state index in [2.05, 4.69) is 21.2 Å². The van der Waals surface area contributed by atoms with Gasteiger partial charge in [0.25, 0.3) is 5.91 Å². The summed E-state index contributed by atoms with van der Waals surface area (Å²) in [5.41, 5.74) is 0.763. The minimum atomic E-state index is -0.0884. The molecule has 24 heavy (non-hydrogen) atoms. The third-order valence-electron chi connectivity index (χ3n) is 3.76. The second kappa shape index (κ2) is 7.55. The Balaban J connectivity index is 1.56. The molecule has 1 N–H and O–H groups in total. The molecule has 5 nitrogen and oxygen atoms in total. The van der Waals surface area contributed by atoms with E-state index in [-0.39, 0.29) is 5.91 Å². The first-order valence-corrected chi connectivity index (χ1v) is 8.96. The van der Waals surface area contributed by atoms with E-state index >= 15 is 0 Å². The first-order chi connectivity index (χ1) is 11.5. The van der Waals surface area contributed by atoms with Crippen LogP contribution < -0.4 is 5.32 Å². The number of piperazine rings is 1. The Hall–Kier alpha value is -1.57. The number of nitrogens with zero attached hydrogens (tertiary/aromatic N) is 2. The number of halogens is 2. The molecule has 0 radical (unpaired) electrons. The molecule has 1 aliphatic heterocycles. The molecule has 126 valence electrons. The van der Waals surface area contributed by atoms with Crippen molar-refractivity contribution >= 4 is 56.5 Å². The number of carbonyl (C=O) groups is 1. The molecule has 0 spiro atoms. The van der Waals surface area contributed by atoms with Crippen LogP contribution in [0.4, 0.5) is 5.69 Å². The van der Waals surface area contributed by atoms with Gasteiger partial charge < -0.3 is 19.5 Å². The Morgan fingerprint density at radius 1 is 1.21 bits per heavy atom. The fraction of sp³-hybridized carbons (Fsp3) is 0.250. The minimum absolute atomic E-state index is 0.0884. The predicted molar refractivity (Wildman–Crippen MR) is 102 cm³/mol. The number of thiocarbonyl (C=S) groups is 1. The second-order valence-electron chi connectivity index (χ2n) is 5.31. The van der Waals surface area contributed by atoms with Gasteiger partial charge in [0.2, 0.25) is 0 Å². The number of benzene rings is 1. The first kappa shape index (κ1) is 17.3. The third kappa shape index (κ3) is 3.91. The molecule has 1 fully saturated rings. The molecule has 1 amide bonds. The van der Waals surface area contributed by atoms with Gasteiger partial charge >= 0.3 is 0 Å². The number of amides is 1. The van der Waals surface area contributed by atoms with Crippen LogP contribution in [0.15, 0.2) is 45.5 Å². The number of hydrogen-bond acceptors (Lipinski definition) is 3. The van der Waals surface area contributed by atoms with Crippen molar-refractivity contribution in [2.24, 2.45) is 0 Å². The van der Waals surface area contributed by atoms with Crippen LogP contribution in [0.5, 0.6) is 0 Å². The maximum Gasteiger partial charge on any atom is 0.289 e. The van der Waals surface area contributed by atoms with Gasteiger partial charge in [0, 0.05) is 30.7 Å². The zero-order chi connectivity index (χ0) is 17.1. The van der Waals surface area contributed by atoms with Crippen LogP contribution in [0.3, 0.4) is 0 Å². The van der Waals surface area contributed by atoms with Crippen LogP contribution in [0.25, 0.3) is 0 Å². The van der Waals surface area contributed by atoms with Crippen molar-refractivity contribution in [2.75, 3.05) is 31.5 Å². The summed E-state index contributed by atoms with van der Waals surface area (Å²) in [6.07, 6.45) is 1.50. The molecule has 8 heteroatoms. The Morgan fingerprint density at radius 2 is 1.92 bits per heavy atom. The predicted octanol–water partition coefficient (Wildman–Crippen LogP) is 3.85. The van der Waals surface area contributed by atoms with Crippen molar-refractivity contribution in [3.63, 3.8) is 0 Å². The van der Waals surface area contributed by atoms with Crippen molar-refractivity contribution in [1.29, 1.82) is 0 Å². The van der Waals surface area contributed by atoms with Gasteiger partial charge in [0.15, 0.2) is 10.9 Å². The van der Waals surface area contributed by atoms with E-state index in [1.54, 1.807) is 17.0 Å². The molecule has 2 heterocycles. The molecular formula is C16H15BrClN3O2S. The molecule has 0 bridgehead atoms. The quantitative estimate of drug-likeness (QED) is 0.736. The molecule has 2 aromatic rings. The van der Waals surface area contributed by atoms with Gasteiger partial charge in [-0.1, -0.05) is 27.5 Å². The largest absolute Gasteiger partial charge is 0.459 e. The molecule has 1 saturated heterocycles. The number of nitrogens with one attached hydrogen (secondary N) is 1. The summed E-state index contributed by atoms with van der Waals surface area (Å²) in [7, 11) is 0. The fourth-order valence-corrected chi connectivity index (χ4v) is 3.47. The summed E-state index contributed by atoms with van der Waals surface area (Å²) in [4.78, 5) is 16.0. The van der Waals surface area contributed by atoms with Crippen molar-refractivity contribution in [1.82, 2.24) is 9.80 Å². The monoisotopic (exact) mass is 427 g/mol. The van der Waals surface area contributed by atoms with Gasteiger partial charge in [-0.2, -0.15) is 0 Å². The molecule has 1 aromatic carbocycles. The molecule has 1 aliphatic rings. The molecule has 3 rings (SSSR count). The fourth-order valence-electron chi connectivity index (χ4n) is 2.45. The van der Waals surface area contributed by atoms with E-state index in [4.69, 9.17) is 28.2 Å². The Bertz CT molecular complexity index is 746. The average Bonchev–Trinajstić information content (AvgIpc) is 3.11. The lowest BCUT2D eigenvalue weighted by atomic mass is 10.3. The van der Waals surface area contributed by atoms with Gasteiger partial charge in [-0.3, -0.25) is 4.79 Å². The van der Waals surface area contributed by atoms with Gasteiger partial charge in [0.05, 0.1) is 17.0 Å². The van der Waals surface area contributed by atoms with E-state index in [1.807, 2.05) is 23.1 Å². The smallest absolute Gasteiger partial charge is 0.289 e. The summed E-state index contributed by atoms with van der Waals surface area (Å²) in [6, 6.07) is 8.97. The zero-order valence-electron chi connectivity index (χ0n) is 12.7. The van der Waals surface area contributed by atoms with Crippen LogP contribution in [-0.2, 0) is 0 Å². The summed E-state index contributed by atoms with van der Waals surface area (Å²) < 4.78 is 6.07. The van der Waals surface area contributed by atoms with Crippen molar-refractivity contribution in [3.8, 4) is 0 Å². The SMILES string of the molecule is O=C(c1ccco1)N1CCN(C(=S)Nc2ccc(Br)cc2Cl)CC1. The van der Waals surface area contributed by atoms with Crippen LogP contribution in [-0.4, -0.2) is 47.0 Å². The van der Waals surface area contributed by atoms with E-state index in [9.17, 15) is 4.79 Å². The topological polar surface area (TPSA) is 48.7 Å². The van der Waals surface area contributed by atoms with E-state index in [0.717, 1.165) is 10.2 Å². The standard InChI is InChI=1S/C16H15BrClN3O2S/c17-11-3-4-13(12(18)10-11)19-16(24)21-7-5-20(6-8-21)15(22)14-2-1-9-23-14/h1-4,9-10H,5-8H2,(H,19,24). The van der Waals surface area contributed by atoms with Gasteiger partial charge in [-0.25, -0.2) is 0 Å². The van der Waals surface area contributed by atoms with Crippen LogP contribution in [0.1, 0.15) is 10.6 Å². The highest BCUT2D eigenvalue weighted by molar-refractivity contribution is 9.10. The second-order valence-corrected chi connectivity index (χ2v) is 7.02. The lowest BCUT2D eigenvalue weighted by Gasteiger charge is -2.35. The van der Waals surface area contributed by atoms with E-state index < -0.39 is 0 Å². The Labute approximate surface area is 158 Å². The van der Waals surface area contributed by atoms with Crippen molar-refractivity contribution in [2.45, 2.75) is 0 Å². The summed E-state index contributed by atoms with van der Waals surface area (Å²) in [5, 5.41) is 4.36. The lowest BCUT2D eigenvalue weighted by molar-refractivity contribution is 0.0661. The molecule has 0 aliphatic carbocycles. The van der Waals surface area contributed by atoms with Crippen molar-refractivity contribution < 1.29 is 9.21 Å². The Morgan fingerprint density at radius 3 is 2.54 bits per heavy atom. The van der Waals surface area contributed by atoms with Crippen LogP contribution in [0.2, 0.25) is 5.02 Å². The van der Waals surface area contributed by atoms with Gasteiger partial charge in [0.1, 0.15) is 0 Å². The van der Waals surface area contributed by atoms with Crippen molar-refractivity contribution in [3.05, 3.63) is 51.9 Å². The lowest BCUT2D eigenvalue weighted by Crippen LogP contribution is -2.51. The molecular weight excluding hydrogens is 414 g/mol. The number of carbonyl (C=O) groups excluding carboxylic acids is 1. The highest BCUT2D eigenvalue weighted by Gasteiger charge is 2.24. The van der Waals surface area contributed by atoms with Crippen LogP contribution in [0, 0.1) is 0 Å². The maximum absolute atomic E-state index is 12.2. The van der Waals surface area contributed by atoms with Gasteiger partial charge in [-0.15, -0.1) is 0 Å². The number of anilines is 1. The highest BCUT2D eigenvalue weighted by atomic mass is 79.9.